The lowest BCUT2D eigenvalue weighted by atomic mass is 10.2. The number of hydrogen-bond donors (Lipinski definition) is 0. The van der Waals surface area contributed by atoms with Crippen molar-refractivity contribution in [3.05, 3.63) is 65.7 Å². The van der Waals surface area contributed by atoms with Gasteiger partial charge in [0.2, 0.25) is 0 Å². The van der Waals surface area contributed by atoms with Gasteiger partial charge in [0.15, 0.2) is 0 Å². The highest BCUT2D eigenvalue weighted by molar-refractivity contribution is 5.94. The molecule has 1 aliphatic heterocycles. The molecule has 1 aliphatic rings. The number of aryl methyl sites for hydroxylation is 1. The first-order chi connectivity index (χ1) is 13.6. The first-order valence-electron chi connectivity index (χ1n) is 9.60. The van der Waals surface area contributed by atoms with E-state index in [0.29, 0.717) is 13.1 Å². The normalized spacial score (nSPS) is 14.4. The molecule has 1 saturated heterocycles. The molecule has 6 nitrogen and oxygen atoms in total. The third-order valence-corrected chi connectivity index (χ3v) is 5.59. The molecule has 4 rings (SSSR count). The quantitative estimate of drug-likeness (QED) is 0.706. The van der Waals surface area contributed by atoms with Gasteiger partial charge in [0, 0.05) is 50.2 Å². The van der Waals surface area contributed by atoms with E-state index in [-0.39, 0.29) is 5.91 Å². The van der Waals surface area contributed by atoms with Gasteiger partial charge in [-0.3, -0.25) is 4.79 Å². The molecule has 2 aromatic heterocycles. The average Bonchev–Trinajstić information content (AvgIpc) is 3.11. The summed E-state index contributed by atoms with van der Waals surface area (Å²) in [7, 11) is 1.96. The van der Waals surface area contributed by atoms with Gasteiger partial charge in [-0.15, -0.1) is 0 Å². The Morgan fingerprint density at radius 3 is 2.36 bits per heavy atom. The molecule has 0 N–H and O–H groups in total. The predicted molar refractivity (Wildman–Crippen MR) is 110 cm³/mol. The van der Waals surface area contributed by atoms with Crippen molar-refractivity contribution in [3.8, 4) is 11.3 Å². The zero-order chi connectivity index (χ0) is 19.7. The fraction of sp³-hybridized carbons (Fsp3) is 0.318. The van der Waals surface area contributed by atoms with Crippen LogP contribution >= 0.6 is 0 Å². The van der Waals surface area contributed by atoms with E-state index in [9.17, 15) is 4.79 Å². The van der Waals surface area contributed by atoms with Crippen LogP contribution in [0.5, 0.6) is 0 Å². The van der Waals surface area contributed by atoms with E-state index < -0.39 is 0 Å². The van der Waals surface area contributed by atoms with Crippen LogP contribution < -0.4 is 4.90 Å². The molecule has 3 aromatic rings. The van der Waals surface area contributed by atoms with Gasteiger partial charge in [-0.25, -0.2) is 9.97 Å². The van der Waals surface area contributed by atoms with Crippen molar-refractivity contribution in [1.29, 1.82) is 0 Å². The van der Waals surface area contributed by atoms with Crippen molar-refractivity contribution in [2.24, 2.45) is 7.05 Å². The highest BCUT2D eigenvalue weighted by atomic mass is 16.2. The Labute approximate surface area is 165 Å². The number of anilines is 1. The van der Waals surface area contributed by atoms with Gasteiger partial charge in [-0.1, -0.05) is 30.3 Å². The summed E-state index contributed by atoms with van der Waals surface area (Å²) in [5.41, 5.74) is 5.00. The van der Waals surface area contributed by atoms with Crippen LogP contribution in [0.3, 0.4) is 0 Å². The van der Waals surface area contributed by atoms with Crippen molar-refractivity contribution in [1.82, 2.24) is 19.4 Å². The Balaban J connectivity index is 1.48. The lowest BCUT2D eigenvalue weighted by molar-refractivity contribution is 0.0737. The van der Waals surface area contributed by atoms with Gasteiger partial charge in [0.25, 0.3) is 5.91 Å². The SMILES string of the molecule is Cc1ncnc(N2CCN(C(=O)c3ccc(-c4ccccc4)n3C)CC2)c1C. The Kier molecular flexibility index (Phi) is 4.86. The maximum Gasteiger partial charge on any atom is 0.270 e. The van der Waals surface area contributed by atoms with Crippen LogP contribution in [0.2, 0.25) is 0 Å². The second-order valence-electron chi connectivity index (χ2n) is 7.22. The van der Waals surface area contributed by atoms with E-state index in [1.165, 1.54) is 0 Å². The van der Waals surface area contributed by atoms with E-state index in [1.54, 1.807) is 6.33 Å². The van der Waals surface area contributed by atoms with Crippen molar-refractivity contribution in [2.45, 2.75) is 13.8 Å². The van der Waals surface area contributed by atoms with Gasteiger partial charge in [0.05, 0.1) is 0 Å². The van der Waals surface area contributed by atoms with Gasteiger partial charge in [-0.2, -0.15) is 0 Å². The first kappa shape index (κ1) is 18.2. The molecule has 6 heteroatoms. The fourth-order valence-electron chi connectivity index (χ4n) is 3.75. The molecule has 144 valence electrons. The van der Waals surface area contributed by atoms with E-state index in [0.717, 1.165) is 47.1 Å². The van der Waals surface area contributed by atoms with E-state index >= 15 is 0 Å². The van der Waals surface area contributed by atoms with E-state index in [4.69, 9.17) is 0 Å². The average molecular weight is 375 g/mol. The molecule has 0 atom stereocenters. The molecule has 1 amide bonds. The molecular formula is C22H25N5O. The van der Waals surface area contributed by atoms with Crippen LogP contribution in [0.25, 0.3) is 11.3 Å². The highest BCUT2D eigenvalue weighted by Crippen LogP contribution is 2.23. The molecule has 0 unspecified atom stereocenters. The number of carbonyl (C=O) groups excluding carboxylic acids is 1. The van der Waals surface area contributed by atoms with Crippen molar-refractivity contribution in [3.63, 3.8) is 0 Å². The number of nitrogens with zero attached hydrogens (tertiary/aromatic N) is 5. The van der Waals surface area contributed by atoms with Crippen LogP contribution in [0.1, 0.15) is 21.7 Å². The smallest absolute Gasteiger partial charge is 0.270 e. The van der Waals surface area contributed by atoms with Gasteiger partial charge >= 0.3 is 0 Å². The zero-order valence-corrected chi connectivity index (χ0v) is 16.6. The topological polar surface area (TPSA) is 54.3 Å². The molecular weight excluding hydrogens is 350 g/mol. The standard InChI is InChI=1S/C22H25N5O/c1-16-17(2)23-15-24-21(16)26-11-13-27(14-12-26)22(28)20-10-9-19(25(20)3)18-7-5-4-6-8-18/h4-10,15H,11-14H2,1-3H3. The Morgan fingerprint density at radius 1 is 0.929 bits per heavy atom. The Bertz CT molecular complexity index is 987. The minimum atomic E-state index is 0.0833. The highest BCUT2D eigenvalue weighted by Gasteiger charge is 2.26. The molecule has 0 bridgehead atoms. The fourth-order valence-corrected chi connectivity index (χ4v) is 3.75. The molecule has 0 radical (unpaired) electrons. The molecule has 1 fully saturated rings. The number of amides is 1. The third kappa shape index (κ3) is 3.26. The van der Waals surface area contributed by atoms with Crippen LogP contribution in [-0.2, 0) is 7.05 Å². The summed E-state index contributed by atoms with van der Waals surface area (Å²) in [6.07, 6.45) is 1.62. The Hall–Kier alpha value is -3.15. The van der Waals surface area contributed by atoms with Gasteiger partial charge < -0.3 is 14.4 Å². The van der Waals surface area contributed by atoms with Gasteiger partial charge in [-0.05, 0) is 31.5 Å². The Morgan fingerprint density at radius 2 is 1.64 bits per heavy atom. The van der Waals surface area contributed by atoms with Crippen LogP contribution in [0, 0.1) is 13.8 Å². The monoisotopic (exact) mass is 375 g/mol. The molecule has 1 aromatic carbocycles. The second-order valence-corrected chi connectivity index (χ2v) is 7.22. The van der Waals surface area contributed by atoms with Crippen molar-refractivity contribution >= 4 is 11.7 Å². The number of carbonyl (C=O) groups is 1. The molecule has 0 aliphatic carbocycles. The third-order valence-electron chi connectivity index (χ3n) is 5.59. The minimum absolute atomic E-state index is 0.0833. The number of aromatic nitrogens is 3. The maximum atomic E-state index is 13.1. The summed E-state index contributed by atoms with van der Waals surface area (Å²) >= 11 is 0. The predicted octanol–water partition coefficient (Wildman–Crippen LogP) is 3.06. The van der Waals surface area contributed by atoms with Crippen molar-refractivity contribution in [2.75, 3.05) is 31.1 Å². The zero-order valence-electron chi connectivity index (χ0n) is 16.6. The van der Waals surface area contributed by atoms with Crippen LogP contribution in [0.15, 0.2) is 48.8 Å². The molecule has 0 saturated carbocycles. The summed E-state index contributed by atoms with van der Waals surface area (Å²) in [5, 5.41) is 0. The minimum Gasteiger partial charge on any atom is -0.353 e. The number of rotatable bonds is 3. The maximum absolute atomic E-state index is 13.1. The number of hydrogen-bond acceptors (Lipinski definition) is 4. The largest absolute Gasteiger partial charge is 0.353 e. The van der Waals surface area contributed by atoms with E-state index in [1.807, 2.05) is 53.8 Å². The second kappa shape index (κ2) is 7.46. The first-order valence-corrected chi connectivity index (χ1v) is 9.60. The number of benzene rings is 1. The van der Waals surface area contributed by atoms with Crippen LogP contribution in [0.4, 0.5) is 5.82 Å². The van der Waals surface area contributed by atoms with Crippen LogP contribution in [-0.4, -0.2) is 51.5 Å². The summed E-state index contributed by atoms with van der Waals surface area (Å²) in [6.45, 7) is 6.98. The van der Waals surface area contributed by atoms with Crippen molar-refractivity contribution < 1.29 is 4.79 Å². The summed E-state index contributed by atoms with van der Waals surface area (Å²) in [4.78, 5) is 26.0. The summed E-state index contributed by atoms with van der Waals surface area (Å²) in [5.74, 6) is 1.06. The lowest BCUT2D eigenvalue weighted by Crippen LogP contribution is -2.49. The molecule has 3 heterocycles. The summed E-state index contributed by atoms with van der Waals surface area (Å²) < 4.78 is 1.99. The number of piperazine rings is 1. The summed E-state index contributed by atoms with van der Waals surface area (Å²) in [6, 6.07) is 14.1. The molecule has 0 spiro atoms. The lowest BCUT2D eigenvalue weighted by Gasteiger charge is -2.36. The van der Waals surface area contributed by atoms with Gasteiger partial charge in [0.1, 0.15) is 17.8 Å². The molecule has 28 heavy (non-hydrogen) atoms. The van der Waals surface area contributed by atoms with E-state index in [2.05, 4.69) is 33.9 Å².